The van der Waals surface area contributed by atoms with Crippen LogP contribution in [-0.4, -0.2) is 30.3 Å². The van der Waals surface area contributed by atoms with E-state index >= 15 is 0 Å². The molecule has 3 nitrogen and oxygen atoms in total. The molecule has 2 atom stereocenters. The standard InChI is InChI=1S/C17H26N2OS/c1-11-12(2)21-15(19-11)9-17(10-18-14-5-6-14)7-8-20-16(17)13-3-4-13/h13-14,16,18H,3-10H2,1-2H3. The lowest BCUT2D eigenvalue weighted by Crippen LogP contribution is -2.44. The molecule has 1 saturated heterocycles. The summed E-state index contributed by atoms with van der Waals surface area (Å²) in [6.07, 6.45) is 8.23. The molecule has 3 fully saturated rings. The van der Waals surface area contributed by atoms with Crippen molar-refractivity contribution in [3.8, 4) is 0 Å². The zero-order valence-electron chi connectivity index (χ0n) is 13.2. The van der Waals surface area contributed by atoms with Gasteiger partial charge in [0.25, 0.3) is 0 Å². The molecule has 0 radical (unpaired) electrons. The van der Waals surface area contributed by atoms with E-state index in [1.807, 2.05) is 11.3 Å². The van der Waals surface area contributed by atoms with E-state index < -0.39 is 0 Å². The minimum Gasteiger partial charge on any atom is -0.377 e. The molecule has 1 aromatic rings. The van der Waals surface area contributed by atoms with Crippen LogP contribution in [0.15, 0.2) is 0 Å². The van der Waals surface area contributed by atoms with E-state index in [0.717, 1.165) is 31.5 Å². The van der Waals surface area contributed by atoms with E-state index in [9.17, 15) is 0 Å². The molecule has 4 heteroatoms. The second-order valence-electron chi connectivity index (χ2n) is 7.32. The maximum Gasteiger partial charge on any atom is 0.0937 e. The van der Waals surface area contributed by atoms with Crippen LogP contribution >= 0.6 is 11.3 Å². The highest BCUT2D eigenvalue weighted by atomic mass is 32.1. The highest BCUT2D eigenvalue weighted by molar-refractivity contribution is 7.11. The van der Waals surface area contributed by atoms with E-state index in [-0.39, 0.29) is 0 Å². The quantitative estimate of drug-likeness (QED) is 0.876. The first-order chi connectivity index (χ1) is 10.2. The van der Waals surface area contributed by atoms with Gasteiger partial charge in [0.05, 0.1) is 16.8 Å². The van der Waals surface area contributed by atoms with Gasteiger partial charge in [0, 0.05) is 35.9 Å². The molecule has 4 rings (SSSR count). The number of nitrogens with one attached hydrogen (secondary N) is 1. The number of rotatable bonds is 6. The predicted molar refractivity (Wildman–Crippen MR) is 85.8 cm³/mol. The molecular formula is C17H26N2OS. The van der Waals surface area contributed by atoms with E-state index in [0.29, 0.717) is 11.5 Å². The molecule has 21 heavy (non-hydrogen) atoms. The fourth-order valence-electron chi connectivity index (χ4n) is 3.73. The van der Waals surface area contributed by atoms with E-state index in [1.165, 1.54) is 47.7 Å². The van der Waals surface area contributed by atoms with E-state index in [4.69, 9.17) is 9.72 Å². The monoisotopic (exact) mass is 306 g/mol. The Morgan fingerprint density at radius 3 is 2.71 bits per heavy atom. The van der Waals surface area contributed by atoms with Crippen LogP contribution in [0.3, 0.4) is 0 Å². The van der Waals surface area contributed by atoms with Gasteiger partial charge in [-0.1, -0.05) is 0 Å². The second kappa shape index (κ2) is 5.32. The van der Waals surface area contributed by atoms with Crippen molar-refractivity contribution in [2.24, 2.45) is 11.3 Å². The summed E-state index contributed by atoms with van der Waals surface area (Å²) >= 11 is 1.89. The van der Waals surface area contributed by atoms with Crippen LogP contribution in [0, 0.1) is 25.2 Å². The van der Waals surface area contributed by atoms with Gasteiger partial charge in [0.2, 0.25) is 0 Å². The SMILES string of the molecule is Cc1nc(CC2(CNC3CC3)CCOC2C2CC2)sc1C. The summed E-state index contributed by atoms with van der Waals surface area (Å²) in [6, 6.07) is 0.780. The van der Waals surface area contributed by atoms with Crippen molar-refractivity contribution in [1.29, 1.82) is 0 Å². The van der Waals surface area contributed by atoms with Crippen molar-refractivity contribution >= 4 is 11.3 Å². The second-order valence-corrected chi connectivity index (χ2v) is 8.61. The Labute approximate surface area is 131 Å². The number of hydrogen-bond donors (Lipinski definition) is 1. The van der Waals surface area contributed by atoms with Crippen LogP contribution in [-0.2, 0) is 11.2 Å². The van der Waals surface area contributed by atoms with Crippen molar-refractivity contribution in [2.75, 3.05) is 13.2 Å². The Kier molecular flexibility index (Phi) is 3.59. The number of aromatic nitrogens is 1. The average Bonchev–Trinajstić information content (AvgIpc) is 3.37. The highest BCUT2D eigenvalue weighted by Crippen LogP contribution is 2.49. The van der Waals surface area contributed by atoms with Crippen molar-refractivity contribution in [1.82, 2.24) is 10.3 Å². The van der Waals surface area contributed by atoms with Crippen LogP contribution in [0.4, 0.5) is 0 Å². The summed E-state index contributed by atoms with van der Waals surface area (Å²) in [4.78, 5) is 6.18. The summed E-state index contributed by atoms with van der Waals surface area (Å²) in [5.41, 5.74) is 1.50. The molecule has 3 aliphatic rings. The molecule has 0 spiro atoms. The van der Waals surface area contributed by atoms with Gasteiger partial charge in [0.15, 0.2) is 0 Å². The minimum absolute atomic E-state index is 0.292. The maximum absolute atomic E-state index is 6.19. The van der Waals surface area contributed by atoms with Crippen LogP contribution in [0.5, 0.6) is 0 Å². The van der Waals surface area contributed by atoms with Gasteiger partial charge < -0.3 is 10.1 Å². The van der Waals surface area contributed by atoms with Crippen LogP contribution in [0.25, 0.3) is 0 Å². The fourth-order valence-corrected chi connectivity index (χ4v) is 4.82. The van der Waals surface area contributed by atoms with Crippen LogP contribution in [0.2, 0.25) is 0 Å². The van der Waals surface area contributed by atoms with Crippen molar-refractivity contribution in [3.05, 3.63) is 15.6 Å². The minimum atomic E-state index is 0.292. The van der Waals surface area contributed by atoms with Gasteiger partial charge in [-0.15, -0.1) is 11.3 Å². The van der Waals surface area contributed by atoms with Crippen LogP contribution < -0.4 is 5.32 Å². The van der Waals surface area contributed by atoms with Gasteiger partial charge in [-0.25, -0.2) is 4.98 Å². The number of hydrogen-bond acceptors (Lipinski definition) is 4. The molecule has 2 aliphatic carbocycles. The molecule has 1 aromatic heterocycles. The fraction of sp³-hybridized carbons (Fsp3) is 0.824. The zero-order valence-corrected chi connectivity index (χ0v) is 14.0. The Hall–Kier alpha value is -0.450. The Morgan fingerprint density at radius 1 is 1.29 bits per heavy atom. The summed E-state index contributed by atoms with van der Waals surface area (Å²) in [5.74, 6) is 0.815. The summed E-state index contributed by atoms with van der Waals surface area (Å²) in [5, 5.41) is 5.11. The van der Waals surface area contributed by atoms with E-state index in [2.05, 4.69) is 19.2 Å². The average molecular weight is 306 g/mol. The number of thiazole rings is 1. The third-order valence-electron chi connectivity index (χ3n) is 5.45. The topological polar surface area (TPSA) is 34.2 Å². The molecule has 0 aromatic carbocycles. The van der Waals surface area contributed by atoms with E-state index in [1.54, 1.807) is 0 Å². The number of aryl methyl sites for hydroxylation is 2. The first-order valence-corrected chi connectivity index (χ1v) is 9.26. The van der Waals surface area contributed by atoms with Crippen molar-refractivity contribution in [3.63, 3.8) is 0 Å². The summed E-state index contributed by atoms with van der Waals surface area (Å²) in [7, 11) is 0. The third-order valence-corrected chi connectivity index (χ3v) is 6.52. The van der Waals surface area contributed by atoms with Gasteiger partial charge in [-0.2, -0.15) is 0 Å². The lowest BCUT2D eigenvalue weighted by atomic mass is 9.76. The first-order valence-electron chi connectivity index (χ1n) is 8.44. The Morgan fingerprint density at radius 2 is 2.10 bits per heavy atom. The Bertz CT molecular complexity index is 501. The normalized spacial score (nSPS) is 32.8. The molecule has 2 saturated carbocycles. The predicted octanol–water partition coefficient (Wildman–Crippen LogP) is 3.24. The van der Waals surface area contributed by atoms with Gasteiger partial charge in [-0.3, -0.25) is 0 Å². The van der Waals surface area contributed by atoms with Crippen molar-refractivity contribution < 1.29 is 4.74 Å². The van der Waals surface area contributed by atoms with Crippen LogP contribution in [0.1, 0.15) is 47.7 Å². The molecule has 116 valence electrons. The molecular weight excluding hydrogens is 280 g/mol. The molecule has 2 heterocycles. The summed E-state index contributed by atoms with van der Waals surface area (Å²) < 4.78 is 6.19. The smallest absolute Gasteiger partial charge is 0.0937 e. The maximum atomic E-state index is 6.19. The van der Waals surface area contributed by atoms with Crippen molar-refractivity contribution in [2.45, 2.75) is 64.5 Å². The summed E-state index contributed by atoms with van der Waals surface area (Å²) in [6.45, 7) is 6.39. The number of ether oxygens (including phenoxy) is 1. The van der Waals surface area contributed by atoms with Gasteiger partial charge in [-0.05, 0) is 51.9 Å². The molecule has 0 bridgehead atoms. The Balaban J connectivity index is 1.55. The molecule has 1 aliphatic heterocycles. The lowest BCUT2D eigenvalue weighted by molar-refractivity contribution is 0.0304. The highest BCUT2D eigenvalue weighted by Gasteiger charge is 2.51. The first kappa shape index (κ1) is 14.2. The largest absolute Gasteiger partial charge is 0.377 e. The zero-order chi connectivity index (χ0) is 14.4. The third kappa shape index (κ3) is 2.90. The number of nitrogens with zero attached hydrogens (tertiary/aromatic N) is 1. The lowest BCUT2D eigenvalue weighted by Gasteiger charge is -2.34. The molecule has 1 N–H and O–H groups in total. The molecule has 2 unspecified atom stereocenters. The molecule has 0 amide bonds. The van der Waals surface area contributed by atoms with Gasteiger partial charge >= 0.3 is 0 Å². The van der Waals surface area contributed by atoms with Gasteiger partial charge in [0.1, 0.15) is 0 Å².